The van der Waals surface area contributed by atoms with Crippen molar-refractivity contribution >= 4 is 70.4 Å². The van der Waals surface area contributed by atoms with Gasteiger partial charge in [-0.2, -0.15) is 0 Å². The van der Waals surface area contributed by atoms with Gasteiger partial charge in [-0.05, 0) is 94.0 Å². The van der Waals surface area contributed by atoms with Gasteiger partial charge in [0.05, 0.1) is 16.7 Å². The molecular formula is C51H36N2S. The van der Waals surface area contributed by atoms with Gasteiger partial charge in [0.25, 0.3) is 0 Å². The van der Waals surface area contributed by atoms with Gasteiger partial charge in [-0.25, -0.2) is 0 Å². The molecule has 0 unspecified atom stereocenters. The molecule has 2 heterocycles. The fraction of sp³-hybridized carbons (Fsp3) is 0.0588. The minimum absolute atomic E-state index is 0.0938. The molecule has 0 saturated heterocycles. The first kappa shape index (κ1) is 31.1. The maximum absolute atomic E-state index is 2.46. The van der Waals surface area contributed by atoms with Crippen LogP contribution >= 0.6 is 11.3 Å². The first-order chi connectivity index (χ1) is 26.5. The zero-order chi connectivity index (χ0) is 36.0. The molecule has 0 saturated carbocycles. The summed E-state index contributed by atoms with van der Waals surface area (Å²) in [6.07, 6.45) is 0. The molecule has 8 aromatic carbocycles. The van der Waals surface area contributed by atoms with Crippen LogP contribution in [0.4, 0.5) is 17.1 Å². The summed E-state index contributed by atoms with van der Waals surface area (Å²) in [7, 11) is 0. The smallest absolute Gasteiger partial charge is 0.0555 e. The normalized spacial score (nSPS) is 13.1. The molecule has 10 aromatic rings. The van der Waals surface area contributed by atoms with Crippen LogP contribution < -0.4 is 4.90 Å². The number of fused-ring (bicyclic) bond motifs is 9. The standard InChI is InChI=1S/C51H36N2S/c1-51(2)43-18-9-6-15-38(43)39-29-27-36(31-44(39)51)52(35-25-23-34(24-26-35)33-13-4-3-5-14-33)37-28-30-42-49(32-37)54-48-22-12-21-47(50(42)48)53-45-19-10-7-16-40(45)41-17-8-11-20-46(41)53/h3-32H,1-2H3. The topological polar surface area (TPSA) is 8.17 Å². The number of anilines is 3. The Morgan fingerprint density at radius 3 is 1.83 bits per heavy atom. The summed E-state index contributed by atoms with van der Waals surface area (Å²) in [5.41, 5.74) is 14.9. The fourth-order valence-electron chi connectivity index (χ4n) is 9.02. The van der Waals surface area contributed by atoms with Crippen molar-refractivity contribution in [2.75, 3.05) is 4.90 Å². The summed E-state index contributed by atoms with van der Waals surface area (Å²) < 4.78 is 5.02. The van der Waals surface area contributed by atoms with Gasteiger partial charge in [0.2, 0.25) is 0 Å². The quantitative estimate of drug-likeness (QED) is 0.173. The Labute approximate surface area is 318 Å². The van der Waals surface area contributed by atoms with Gasteiger partial charge in [-0.3, -0.25) is 0 Å². The molecular weight excluding hydrogens is 673 g/mol. The van der Waals surface area contributed by atoms with E-state index in [2.05, 4.69) is 205 Å². The lowest BCUT2D eigenvalue weighted by atomic mass is 9.82. The molecule has 1 aliphatic carbocycles. The van der Waals surface area contributed by atoms with Crippen LogP contribution in [0.25, 0.3) is 69.9 Å². The molecule has 0 aliphatic heterocycles. The second kappa shape index (κ2) is 11.8. The molecule has 0 bridgehead atoms. The Morgan fingerprint density at radius 2 is 1.06 bits per heavy atom. The number of thiophene rings is 1. The molecule has 0 amide bonds. The first-order valence-electron chi connectivity index (χ1n) is 18.7. The van der Waals surface area contributed by atoms with Crippen molar-refractivity contribution in [3.05, 3.63) is 193 Å². The third-order valence-corrected chi connectivity index (χ3v) is 12.7. The van der Waals surface area contributed by atoms with Crippen LogP contribution in [-0.2, 0) is 5.41 Å². The van der Waals surface area contributed by atoms with E-state index in [1.165, 1.54) is 81.0 Å². The average Bonchev–Trinajstić information content (AvgIpc) is 3.84. The summed E-state index contributed by atoms with van der Waals surface area (Å²) in [5.74, 6) is 0. The van der Waals surface area contributed by atoms with E-state index in [1.54, 1.807) is 0 Å². The van der Waals surface area contributed by atoms with Crippen molar-refractivity contribution in [2.24, 2.45) is 0 Å². The number of rotatable bonds is 5. The number of hydrogen-bond acceptors (Lipinski definition) is 2. The van der Waals surface area contributed by atoms with Crippen LogP contribution in [0, 0.1) is 0 Å². The summed E-state index contributed by atoms with van der Waals surface area (Å²) in [5, 5.41) is 5.13. The number of benzene rings is 8. The maximum Gasteiger partial charge on any atom is 0.0555 e. The zero-order valence-electron chi connectivity index (χ0n) is 30.1. The van der Waals surface area contributed by atoms with Crippen molar-refractivity contribution < 1.29 is 0 Å². The number of nitrogens with zero attached hydrogens (tertiary/aromatic N) is 2. The molecule has 256 valence electrons. The summed E-state index contributed by atoms with van der Waals surface area (Å²) in [6.45, 7) is 4.72. The van der Waals surface area contributed by atoms with E-state index in [9.17, 15) is 0 Å². The van der Waals surface area contributed by atoms with Crippen molar-refractivity contribution in [1.82, 2.24) is 4.57 Å². The molecule has 54 heavy (non-hydrogen) atoms. The zero-order valence-corrected chi connectivity index (χ0v) is 30.9. The van der Waals surface area contributed by atoms with Gasteiger partial charge in [0.1, 0.15) is 0 Å². The number of para-hydroxylation sites is 2. The van der Waals surface area contributed by atoms with Crippen molar-refractivity contribution in [3.63, 3.8) is 0 Å². The lowest BCUT2D eigenvalue weighted by Crippen LogP contribution is -2.16. The highest BCUT2D eigenvalue weighted by Crippen LogP contribution is 2.51. The van der Waals surface area contributed by atoms with E-state index in [4.69, 9.17) is 0 Å². The predicted octanol–water partition coefficient (Wildman–Crippen LogP) is 14.6. The van der Waals surface area contributed by atoms with E-state index in [1.807, 2.05) is 11.3 Å². The molecule has 0 radical (unpaired) electrons. The highest BCUT2D eigenvalue weighted by Gasteiger charge is 2.35. The second-order valence-electron chi connectivity index (χ2n) is 15.0. The van der Waals surface area contributed by atoms with Gasteiger partial charge >= 0.3 is 0 Å². The first-order valence-corrected chi connectivity index (χ1v) is 19.5. The summed E-state index contributed by atoms with van der Waals surface area (Å²) in [4.78, 5) is 2.44. The Bertz CT molecular complexity index is 3020. The highest BCUT2D eigenvalue weighted by atomic mass is 32.1. The lowest BCUT2D eigenvalue weighted by molar-refractivity contribution is 0.660. The summed E-state index contributed by atoms with van der Waals surface area (Å²) >= 11 is 1.88. The molecule has 3 heteroatoms. The van der Waals surface area contributed by atoms with Gasteiger partial charge < -0.3 is 9.47 Å². The van der Waals surface area contributed by atoms with Crippen LogP contribution in [0.2, 0.25) is 0 Å². The maximum atomic E-state index is 2.46. The third kappa shape index (κ3) is 4.58. The Hall–Kier alpha value is -6.42. The van der Waals surface area contributed by atoms with Gasteiger partial charge in [-0.15, -0.1) is 11.3 Å². The minimum atomic E-state index is -0.0938. The minimum Gasteiger partial charge on any atom is -0.310 e. The van der Waals surface area contributed by atoms with E-state index in [-0.39, 0.29) is 5.41 Å². The van der Waals surface area contributed by atoms with Gasteiger partial charge in [0, 0.05) is 53.4 Å². The molecule has 0 N–H and O–H groups in total. The SMILES string of the molecule is CC1(C)c2ccccc2-c2ccc(N(c3ccc(-c4ccccc4)cc3)c3ccc4c(c3)sc3cccc(-n5c6ccccc6c6ccccc65)c34)cc21. The Morgan fingerprint density at radius 1 is 0.444 bits per heavy atom. The molecule has 2 nitrogen and oxygen atoms in total. The average molecular weight is 709 g/mol. The molecule has 2 aromatic heterocycles. The van der Waals surface area contributed by atoms with E-state index < -0.39 is 0 Å². The number of aromatic nitrogens is 1. The Kier molecular flexibility index (Phi) is 6.80. The second-order valence-corrected chi connectivity index (χ2v) is 16.0. The fourth-order valence-corrected chi connectivity index (χ4v) is 10.2. The van der Waals surface area contributed by atoms with Crippen molar-refractivity contribution in [2.45, 2.75) is 19.3 Å². The Balaban J connectivity index is 1.10. The molecule has 0 spiro atoms. The molecule has 0 fully saturated rings. The molecule has 0 atom stereocenters. The van der Waals surface area contributed by atoms with E-state index in [0.717, 1.165) is 17.1 Å². The van der Waals surface area contributed by atoms with Crippen molar-refractivity contribution in [3.8, 4) is 27.9 Å². The largest absolute Gasteiger partial charge is 0.310 e. The predicted molar refractivity (Wildman–Crippen MR) is 231 cm³/mol. The molecule has 1 aliphatic rings. The van der Waals surface area contributed by atoms with E-state index >= 15 is 0 Å². The third-order valence-electron chi connectivity index (χ3n) is 11.6. The molecule has 11 rings (SSSR count). The number of hydrogen-bond donors (Lipinski definition) is 0. The van der Waals surface area contributed by atoms with Crippen LogP contribution in [0.3, 0.4) is 0 Å². The lowest BCUT2D eigenvalue weighted by Gasteiger charge is -2.28. The van der Waals surface area contributed by atoms with Crippen LogP contribution in [-0.4, -0.2) is 4.57 Å². The van der Waals surface area contributed by atoms with Gasteiger partial charge in [-0.1, -0.05) is 135 Å². The monoisotopic (exact) mass is 708 g/mol. The summed E-state index contributed by atoms with van der Waals surface area (Å²) in [6, 6.07) is 67.0. The van der Waals surface area contributed by atoms with Gasteiger partial charge in [0.15, 0.2) is 0 Å². The highest BCUT2D eigenvalue weighted by molar-refractivity contribution is 7.26. The van der Waals surface area contributed by atoms with E-state index in [0.29, 0.717) is 0 Å². The van der Waals surface area contributed by atoms with Crippen LogP contribution in [0.15, 0.2) is 182 Å². The van der Waals surface area contributed by atoms with Crippen LogP contribution in [0.1, 0.15) is 25.0 Å². The van der Waals surface area contributed by atoms with Crippen LogP contribution in [0.5, 0.6) is 0 Å². The van der Waals surface area contributed by atoms with Crippen molar-refractivity contribution in [1.29, 1.82) is 0 Å².